The van der Waals surface area contributed by atoms with E-state index in [-0.39, 0.29) is 6.54 Å². The maximum Gasteiger partial charge on any atom is 0.279 e. The van der Waals surface area contributed by atoms with Crippen molar-refractivity contribution in [2.24, 2.45) is 0 Å². The van der Waals surface area contributed by atoms with E-state index in [2.05, 4.69) is 20.2 Å². The smallest absolute Gasteiger partial charge is 0.279 e. The Kier molecular flexibility index (Phi) is 5.68. The summed E-state index contributed by atoms with van der Waals surface area (Å²) in [6.07, 6.45) is 3.67. The normalized spacial score (nSPS) is 15.8. The molecule has 120 valence electrons. The Hall–Kier alpha value is -1.03. The van der Waals surface area contributed by atoms with Crippen molar-refractivity contribution in [1.29, 1.82) is 0 Å². The van der Waals surface area contributed by atoms with Crippen LogP contribution in [0.4, 0.5) is 0 Å². The fraction of sp³-hybridized carbons (Fsp3) is 0.833. The van der Waals surface area contributed by atoms with Crippen LogP contribution < -0.4 is 10.0 Å². The Morgan fingerprint density at radius 3 is 2.76 bits per heavy atom. The van der Waals surface area contributed by atoms with Gasteiger partial charge in [0, 0.05) is 32.6 Å². The van der Waals surface area contributed by atoms with Crippen LogP contribution in [-0.4, -0.2) is 55.6 Å². The van der Waals surface area contributed by atoms with Crippen molar-refractivity contribution in [3.05, 3.63) is 11.7 Å². The molecule has 0 spiro atoms. The molecule has 1 aromatic heterocycles. The second-order valence-corrected chi connectivity index (χ2v) is 7.15. The van der Waals surface area contributed by atoms with Gasteiger partial charge in [0.25, 0.3) is 10.2 Å². The van der Waals surface area contributed by atoms with E-state index >= 15 is 0 Å². The lowest BCUT2D eigenvalue weighted by Crippen LogP contribution is -2.40. The number of nitrogens with one attached hydrogen (secondary N) is 2. The van der Waals surface area contributed by atoms with Crippen molar-refractivity contribution in [3.8, 4) is 0 Å². The van der Waals surface area contributed by atoms with E-state index in [1.165, 1.54) is 17.1 Å². The second-order valence-electron chi connectivity index (χ2n) is 5.29. The molecule has 0 bridgehead atoms. The van der Waals surface area contributed by atoms with Gasteiger partial charge in [0.15, 0.2) is 5.82 Å². The molecule has 1 heterocycles. The van der Waals surface area contributed by atoms with Crippen LogP contribution in [0.25, 0.3) is 0 Å². The average Bonchev–Trinajstić information content (AvgIpc) is 3.16. The SMILES string of the molecule is Cc1noc(CCNS(=O)(=O)N(C)CCCNC2CC2)n1. The maximum atomic E-state index is 12.0. The van der Waals surface area contributed by atoms with Gasteiger partial charge in [-0.1, -0.05) is 5.16 Å². The summed E-state index contributed by atoms with van der Waals surface area (Å²) in [4.78, 5) is 4.02. The third kappa shape index (κ3) is 5.70. The van der Waals surface area contributed by atoms with E-state index in [1.807, 2.05) is 0 Å². The third-order valence-electron chi connectivity index (χ3n) is 3.26. The van der Waals surface area contributed by atoms with Gasteiger partial charge in [-0.15, -0.1) is 0 Å². The van der Waals surface area contributed by atoms with Gasteiger partial charge in [-0.05, 0) is 32.7 Å². The number of rotatable bonds is 10. The van der Waals surface area contributed by atoms with Crippen LogP contribution in [-0.2, 0) is 16.6 Å². The molecule has 2 rings (SSSR count). The van der Waals surface area contributed by atoms with Crippen molar-refractivity contribution in [2.45, 2.75) is 38.6 Å². The largest absolute Gasteiger partial charge is 0.339 e. The Morgan fingerprint density at radius 2 is 2.14 bits per heavy atom. The van der Waals surface area contributed by atoms with Gasteiger partial charge in [-0.3, -0.25) is 0 Å². The molecule has 9 heteroatoms. The molecule has 21 heavy (non-hydrogen) atoms. The molecule has 0 saturated heterocycles. The van der Waals surface area contributed by atoms with E-state index in [0.29, 0.717) is 30.7 Å². The topological polar surface area (TPSA) is 100 Å². The molecular weight excluding hydrogens is 294 g/mol. The lowest BCUT2D eigenvalue weighted by atomic mass is 10.4. The molecule has 8 nitrogen and oxygen atoms in total. The van der Waals surface area contributed by atoms with Crippen LogP contribution in [0.1, 0.15) is 31.0 Å². The standard InChI is InChI=1S/C12H23N5O3S/c1-10-15-12(20-16-10)6-8-14-21(18,19)17(2)9-3-7-13-11-4-5-11/h11,13-14H,3-9H2,1-2H3. The Balaban J connectivity index is 1.64. The minimum Gasteiger partial charge on any atom is -0.339 e. The Labute approximate surface area is 125 Å². The van der Waals surface area contributed by atoms with Crippen LogP contribution in [0.3, 0.4) is 0 Å². The number of nitrogens with zero attached hydrogens (tertiary/aromatic N) is 3. The first-order chi connectivity index (χ1) is 9.97. The molecule has 0 unspecified atom stereocenters. The summed E-state index contributed by atoms with van der Waals surface area (Å²) >= 11 is 0. The molecule has 2 N–H and O–H groups in total. The zero-order valence-electron chi connectivity index (χ0n) is 12.5. The highest BCUT2D eigenvalue weighted by molar-refractivity contribution is 7.87. The van der Waals surface area contributed by atoms with Crippen LogP contribution in [0, 0.1) is 6.92 Å². The summed E-state index contributed by atoms with van der Waals surface area (Å²) < 4.78 is 32.8. The molecule has 0 atom stereocenters. The molecule has 1 saturated carbocycles. The fourth-order valence-electron chi connectivity index (χ4n) is 1.85. The predicted molar refractivity (Wildman–Crippen MR) is 77.9 cm³/mol. The van der Waals surface area contributed by atoms with E-state index in [9.17, 15) is 8.42 Å². The Bertz CT molecular complexity index is 541. The molecular formula is C12H23N5O3S. The first-order valence-electron chi connectivity index (χ1n) is 7.21. The van der Waals surface area contributed by atoms with Gasteiger partial charge in [0.05, 0.1) is 0 Å². The monoisotopic (exact) mass is 317 g/mol. The lowest BCUT2D eigenvalue weighted by molar-refractivity contribution is 0.374. The van der Waals surface area contributed by atoms with Crippen molar-refractivity contribution in [1.82, 2.24) is 24.5 Å². The molecule has 1 aromatic rings. The van der Waals surface area contributed by atoms with Gasteiger partial charge in [0.2, 0.25) is 5.89 Å². The Morgan fingerprint density at radius 1 is 1.38 bits per heavy atom. The second kappa shape index (κ2) is 7.30. The van der Waals surface area contributed by atoms with Crippen LogP contribution >= 0.6 is 0 Å². The van der Waals surface area contributed by atoms with Gasteiger partial charge in [-0.25, -0.2) is 4.72 Å². The predicted octanol–water partition coefficient (Wildman–Crippen LogP) is -0.171. The van der Waals surface area contributed by atoms with Gasteiger partial charge < -0.3 is 9.84 Å². The summed E-state index contributed by atoms with van der Waals surface area (Å²) in [7, 11) is -1.86. The zero-order chi connectivity index (χ0) is 15.3. The van der Waals surface area contributed by atoms with E-state index < -0.39 is 10.2 Å². The summed E-state index contributed by atoms with van der Waals surface area (Å²) in [5, 5.41) is 7.02. The number of hydrogen-bond donors (Lipinski definition) is 2. The molecule has 1 fully saturated rings. The van der Waals surface area contributed by atoms with Crippen molar-refractivity contribution < 1.29 is 12.9 Å². The highest BCUT2D eigenvalue weighted by atomic mass is 32.2. The van der Waals surface area contributed by atoms with Crippen LogP contribution in [0.5, 0.6) is 0 Å². The van der Waals surface area contributed by atoms with Crippen molar-refractivity contribution in [2.75, 3.05) is 26.7 Å². The molecule has 0 radical (unpaired) electrons. The number of hydrogen-bond acceptors (Lipinski definition) is 6. The zero-order valence-corrected chi connectivity index (χ0v) is 13.3. The summed E-state index contributed by atoms with van der Waals surface area (Å²) in [6, 6.07) is 0.655. The van der Waals surface area contributed by atoms with Crippen LogP contribution in [0.15, 0.2) is 4.52 Å². The molecule has 0 aromatic carbocycles. The highest BCUT2D eigenvalue weighted by Gasteiger charge is 2.20. The third-order valence-corrected chi connectivity index (χ3v) is 4.84. The van der Waals surface area contributed by atoms with Crippen LogP contribution in [0.2, 0.25) is 0 Å². The summed E-state index contributed by atoms with van der Waals surface area (Å²) in [5.41, 5.74) is 0. The fourth-order valence-corrected chi connectivity index (χ4v) is 2.80. The minimum atomic E-state index is -3.44. The summed E-state index contributed by atoms with van der Waals surface area (Å²) in [6.45, 7) is 3.32. The van der Waals surface area contributed by atoms with E-state index in [1.54, 1.807) is 14.0 Å². The van der Waals surface area contributed by atoms with E-state index in [0.717, 1.165) is 13.0 Å². The average molecular weight is 317 g/mol. The first kappa shape index (κ1) is 16.3. The summed E-state index contributed by atoms with van der Waals surface area (Å²) in [5.74, 6) is 0.986. The molecule has 1 aliphatic carbocycles. The number of aryl methyl sites for hydroxylation is 1. The highest BCUT2D eigenvalue weighted by Crippen LogP contribution is 2.18. The van der Waals surface area contributed by atoms with Gasteiger partial charge in [0.1, 0.15) is 0 Å². The van der Waals surface area contributed by atoms with Gasteiger partial charge in [-0.2, -0.15) is 17.7 Å². The number of aromatic nitrogens is 2. The first-order valence-corrected chi connectivity index (χ1v) is 8.65. The van der Waals surface area contributed by atoms with Gasteiger partial charge >= 0.3 is 0 Å². The molecule has 0 aliphatic heterocycles. The van der Waals surface area contributed by atoms with Crippen molar-refractivity contribution >= 4 is 10.2 Å². The maximum absolute atomic E-state index is 12.0. The molecule has 1 aliphatic rings. The lowest BCUT2D eigenvalue weighted by Gasteiger charge is -2.17. The van der Waals surface area contributed by atoms with Crippen molar-refractivity contribution in [3.63, 3.8) is 0 Å². The minimum absolute atomic E-state index is 0.245. The van der Waals surface area contributed by atoms with E-state index in [4.69, 9.17) is 4.52 Å². The quantitative estimate of drug-likeness (QED) is 0.581. The molecule has 0 amide bonds.